The Bertz CT molecular complexity index is 1400. The minimum atomic E-state index is -0.344. The molecule has 8 nitrogen and oxygen atoms in total. The molecular formula is C23H20N6O2S2. The van der Waals surface area contributed by atoms with Crippen LogP contribution in [0.3, 0.4) is 0 Å². The Hall–Kier alpha value is -3.63. The number of hydrogen-bond donors (Lipinski definition) is 1. The second-order valence-electron chi connectivity index (χ2n) is 7.25. The fourth-order valence-electron chi connectivity index (χ4n) is 3.26. The number of furan rings is 1. The maximum atomic E-state index is 12.8. The number of nitrogens with zero attached hydrogens (tertiary/aromatic N) is 5. The van der Waals surface area contributed by atoms with Crippen LogP contribution in [-0.4, -0.2) is 30.0 Å². The molecule has 0 aliphatic rings. The van der Waals surface area contributed by atoms with Crippen molar-refractivity contribution in [2.45, 2.75) is 10.9 Å². The zero-order chi connectivity index (χ0) is 22.8. The van der Waals surface area contributed by atoms with Crippen LogP contribution in [0.2, 0.25) is 0 Å². The monoisotopic (exact) mass is 476 g/mol. The molecule has 0 spiro atoms. The topological polar surface area (TPSA) is 90.8 Å². The lowest BCUT2D eigenvalue weighted by Gasteiger charge is -2.02. The van der Waals surface area contributed by atoms with Crippen molar-refractivity contribution in [3.63, 3.8) is 0 Å². The van der Waals surface area contributed by atoms with Gasteiger partial charge in [-0.15, -0.1) is 0 Å². The van der Waals surface area contributed by atoms with E-state index in [1.165, 1.54) is 11.3 Å². The maximum absolute atomic E-state index is 12.8. The highest BCUT2D eigenvalue weighted by Crippen LogP contribution is 2.38. The number of hydrogen-bond acceptors (Lipinski definition) is 7. The average Bonchev–Trinajstić information content (AvgIpc) is 3.60. The van der Waals surface area contributed by atoms with Gasteiger partial charge < -0.3 is 13.6 Å². The van der Waals surface area contributed by atoms with E-state index >= 15 is 0 Å². The summed E-state index contributed by atoms with van der Waals surface area (Å²) in [7, 11) is 3.87. The molecule has 1 N–H and O–H groups in total. The van der Waals surface area contributed by atoms with E-state index in [-0.39, 0.29) is 11.7 Å². The van der Waals surface area contributed by atoms with E-state index in [1.54, 1.807) is 36.3 Å². The van der Waals surface area contributed by atoms with Crippen LogP contribution < -0.4 is 5.32 Å². The quantitative estimate of drug-likeness (QED) is 0.329. The second-order valence-corrected chi connectivity index (χ2v) is 9.20. The normalized spacial score (nSPS) is 11.1. The van der Waals surface area contributed by atoms with Gasteiger partial charge in [0.05, 0.1) is 16.3 Å². The summed E-state index contributed by atoms with van der Waals surface area (Å²) in [4.78, 5) is 27.2. The number of amides is 1. The highest BCUT2D eigenvalue weighted by atomic mass is 32.2. The molecule has 166 valence electrons. The molecule has 5 rings (SSSR count). The van der Waals surface area contributed by atoms with E-state index in [0.29, 0.717) is 16.6 Å². The molecule has 4 aromatic heterocycles. The largest absolute Gasteiger partial charge is 0.455 e. The number of imidazole rings is 2. The van der Waals surface area contributed by atoms with Crippen LogP contribution in [0, 0.1) is 0 Å². The number of rotatable bonds is 7. The Morgan fingerprint density at radius 1 is 1.06 bits per heavy atom. The summed E-state index contributed by atoms with van der Waals surface area (Å²) >= 11 is 2.93. The van der Waals surface area contributed by atoms with Gasteiger partial charge in [-0.2, -0.15) is 0 Å². The molecule has 0 aliphatic carbocycles. The van der Waals surface area contributed by atoms with Crippen LogP contribution in [0.25, 0.3) is 22.0 Å². The summed E-state index contributed by atoms with van der Waals surface area (Å²) in [5.74, 6) is 1.96. The summed E-state index contributed by atoms with van der Waals surface area (Å²) in [5.41, 5.74) is 1.73. The van der Waals surface area contributed by atoms with Gasteiger partial charge in [-0.3, -0.25) is 10.1 Å². The smallest absolute Gasteiger partial charge is 0.293 e. The minimum absolute atomic E-state index is 0.237. The fraction of sp³-hybridized carbons (Fsp3) is 0.130. The predicted octanol–water partition coefficient (Wildman–Crippen LogP) is 5.08. The van der Waals surface area contributed by atoms with Crippen molar-refractivity contribution in [1.82, 2.24) is 24.1 Å². The highest BCUT2D eigenvalue weighted by Gasteiger charge is 2.20. The molecule has 0 saturated heterocycles. The molecule has 1 aromatic carbocycles. The van der Waals surface area contributed by atoms with Crippen LogP contribution in [0.1, 0.15) is 16.3 Å². The highest BCUT2D eigenvalue weighted by molar-refractivity contribution is 7.98. The van der Waals surface area contributed by atoms with Crippen molar-refractivity contribution < 1.29 is 9.21 Å². The third-order valence-electron chi connectivity index (χ3n) is 4.93. The SMILES string of the molecule is Cn1ccnc1SCc1ccc(C(=O)Nc2nc(-c3ccccc3)c(-c3nccn3C)s2)o1. The lowest BCUT2D eigenvalue weighted by molar-refractivity contribution is 0.0995. The minimum Gasteiger partial charge on any atom is -0.455 e. The van der Waals surface area contributed by atoms with Gasteiger partial charge in [0, 0.05) is 44.4 Å². The average molecular weight is 477 g/mol. The van der Waals surface area contributed by atoms with E-state index in [1.807, 2.05) is 66.0 Å². The van der Waals surface area contributed by atoms with Crippen LogP contribution in [0.4, 0.5) is 5.13 Å². The first-order valence-electron chi connectivity index (χ1n) is 10.1. The van der Waals surface area contributed by atoms with Crippen LogP contribution >= 0.6 is 23.1 Å². The van der Waals surface area contributed by atoms with Crippen molar-refractivity contribution in [2.24, 2.45) is 14.1 Å². The molecule has 0 unspecified atom stereocenters. The van der Waals surface area contributed by atoms with E-state index in [4.69, 9.17) is 9.40 Å². The summed E-state index contributed by atoms with van der Waals surface area (Å²) in [6, 6.07) is 13.3. The number of carbonyl (C=O) groups is 1. The zero-order valence-corrected chi connectivity index (χ0v) is 19.6. The van der Waals surface area contributed by atoms with E-state index in [2.05, 4.69) is 15.3 Å². The van der Waals surface area contributed by atoms with Crippen molar-refractivity contribution >= 4 is 34.1 Å². The van der Waals surface area contributed by atoms with Gasteiger partial charge in [0.25, 0.3) is 5.91 Å². The molecule has 10 heteroatoms. The number of aryl methyl sites for hydroxylation is 2. The van der Waals surface area contributed by atoms with Crippen molar-refractivity contribution in [1.29, 1.82) is 0 Å². The zero-order valence-electron chi connectivity index (χ0n) is 17.9. The Labute approximate surface area is 198 Å². The lowest BCUT2D eigenvalue weighted by Crippen LogP contribution is -2.10. The van der Waals surface area contributed by atoms with Crippen molar-refractivity contribution in [2.75, 3.05) is 5.32 Å². The standard InChI is InChI=1S/C23H20N6O2S2/c1-28-12-10-24-20(28)19-18(15-6-4-3-5-7-15)26-22(33-19)27-21(30)17-9-8-16(31-17)14-32-23-25-11-13-29(23)2/h3-13H,14H2,1-2H3,(H,26,27,30). The van der Waals surface area contributed by atoms with Crippen LogP contribution in [0.15, 0.2) is 76.8 Å². The molecule has 0 fully saturated rings. The van der Waals surface area contributed by atoms with E-state index in [0.717, 1.165) is 27.1 Å². The van der Waals surface area contributed by atoms with E-state index < -0.39 is 0 Å². The molecule has 33 heavy (non-hydrogen) atoms. The third-order valence-corrected chi connectivity index (χ3v) is 6.97. The number of benzene rings is 1. The maximum Gasteiger partial charge on any atom is 0.293 e. The molecule has 5 aromatic rings. The van der Waals surface area contributed by atoms with Crippen molar-refractivity contribution in [3.05, 3.63) is 78.8 Å². The van der Waals surface area contributed by atoms with Gasteiger partial charge in [0.2, 0.25) is 0 Å². The first-order valence-corrected chi connectivity index (χ1v) is 11.9. The molecule has 1 amide bonds. The van der Waals surface area contributed by atoms with Crippen LogP contribution in [0.5, 0.6) is 0 Å². The Morgan fingerprint density at radius 3 is 2.58 bits per heavy atom. The predicted molar refractivity (Wildman–Crippen MR) is 129 cm³/mol. The summed E-state index contributed by atoms with van der Waals surface area (Å²) < 4.78 is 9.63. The molecule has 0 radical (unpaired) electrons. The van der Waals surface area contributed by atoms with Crippen molar-refractivity contribution in [3.8, 4) is 22.0 Å². The van der Waals surface area contributed by atoms with Gasteiger partial charge >= 0.3 is 0 Å². The van der Waals surface area contributed by atoms with Gasteiger partial charge in [0.15, 0.2) is 21.9 Å². The Balaban J connectivity index is 1.36. The second kappa shape index (κ2) is 9.08. The van der Waals surface area contributed by atoms with Gasteiger partial charge in [-0.25, -0.2) is 15.0 Å². The molecule has 0 aliphatic heterocycles. The van der Waals surface area contributed by atoms with E-state index in [9.17, 15) is 4.79 Å². The number of thiazole rings is 1. The Morgan fingerprint density at radius 2 is 1.85 bits per heavy atom. The first-order chi connectivity index (χ1) is 16.1. The number of anilines is 1. The number of aromatic nitrogens is 5. The Kier molecular flexibility index (Phi) is 5.84. The molecule has 0 saturated carbocycles. The molecule has 0 atom stereocenters. The summed E-state index contributed by atoms with van der Waals surface area (Å²) in [5, 5.41) is 4.24. The number of nitrogens with one attached hydrogen (secondary N) is 1. The lowest BCUT2D eigenvalue weighted by atomic mass is 10.1. The number of carbonyl (C=O) groups excluding carboxylic acids is 1. The van der Waals surface area contributed by atoms with Gasteiger partial charge in [0.1, 0.15) is 5.76 Å². The summed E-state index contributed by atoms with van der Waals surface area (Å²) in [6.45, 7) is 0. The molecular weight excluding hydrogens is 456 g/mol. The summed E-state index contributed by atoms with van der Waals surface area (Å²) in [6.07, 6.45) is 7.27. The van der Waals surface area contributed by atoms with Crippen LogP contribution in [-0.2, 0) is 19.8 Å². The number of thioether (sulfide) groups is 1. The third kappa shape index (κ3) is 4.48. The van der Waals surface area contributed by atoms with Gasteiger partial charge in [-0.1, -0.05) is 53.4 Å². The first kappa shape index (κ1) is 21.2. The molecule has 4 heterocycles. The molecule has 0 bridgehead atoms. The fourth-order valence-corrected chi connectivity index (χ4v) is 5.11. The van der Waals surface area contributed by atoms with Gasteiger partial charge in [-0.05, 0) is 12.1 Å².